The summed E-state index contributed by atoms with van der Waals surface area (Å²) in [6, 6.07) is 9.07. The highest BCUT2D eigenvalue weighted by Crippen LogP contribution is 2.47. The van der Waals surface area contributed by atoms with Crippen LogP contribution in [0.4, 0.5) is 10.5 Å². The second-order valence-electron chi connectivity index (χ2n) is 7.29. The molecule has 12 heteroatoms. The zero-order valence-electron chi connectivity index (χ0n) is 16.2. The van der Waals surface area contributed by atoms with Gasteiger partial charge in [0.05, 0.1) is 11.7 Å². The van der Waals surface area contributed by atoms with Crippen molar-refractivity contribution in [3.8, 4) is 22.6 Å². The molecule has 0 saturated carbocycles. The Morgan fingerprint density at radius 2 is 2.03 bits per heavy atom. The lowest BCUT2D eigenvalue weighted by molar-refractivity contribution is 0.0659. The quantitative estimate of drug-likeness (QED) is 0.498. The fourth-order valence-electron chi connectivity index (χ4n) is 3.87. The summed E-state index contributed by atoms with van der Waals surface area (Å²) >= 11 is 0. The molecule has 0 radical (unpaired) electrons. The maximum atomic E-state index is 12.3. The Hall–Kier alpha value is -2.95. The lowest BCUT2D eigenvalue weighted by atomic mass is 10.0. The van der Waals surface area contributed by atoms with Crippen molar-refractivity contribution >= 4 is 20.0 Å². The smallest absolute Gasteiger partial charge is 0.441 e. The van der Waals surface area contributed by atoms with Crippen LogP contribution < -0.4 is 4.90 Å². The van der Waals surface area contributed by atoms with Gasteiger partial charge in [0.15, 0.2) is 6.10 Å². The van der Waals surface area contributed by atoms with E-state index in [4.69, 9.17) is 23.9 Å². The van der Waals surface area contributed by atoms with Crippen LogP contribution in [-0.4, -0.2) is 54.7 Å². The maximum absolute atomic E-state index is 12.3. The average Bonchev–Trinajstić information content (AvgIpc) is 3.41. The van der Waals surface area contributed by atoms with E-state index >= 15 is 0 Å². The van der Waals surface area contributed by atoms with Gasteiger partial charge in [0, 0.05) is 18.7 Å². The number of carbonyl (C=O) groups is 1. The van der Waals surface area contributed by atoms with E-state index in [-0.39, 0.29) is 12.6 Å². The number of benzene rings is 1. The molecule has 0 spiro atoms. The molecule has 3 N–H and O–H groups in total. The summed E-state index contributed by atoms with van der Waals surface area (Å²) in [4.78, 5) is 49.5. The lowest BCUT2D eigenvalue weighted by Crippen LogP contribution is -2.35. The van der Waals surface area contributed by atoms with Crippen LogP contribution in [-0.2, 0) is 15.7 Å². The second kappa shape index (κ2) is 7.33. The molecule has 2 aliphatic heterocycles. The average molecular weight is 445 g/mol. The van der Waals surface area contributed by atoms with Gasteiger partial charge in [-0.3, -0.25) is 9.88 Å². The number of amides is 1. The SMILES string of the molecule is Cc1nc(-c2ccc(-c3ccc4c(c3)C[C@H]3C(CO[P+](O)(O)O)OC(=O)N43)cn2)no1. The molecule has 0 bridgehead atoms. The number of hydrogen-bond donors (Lipinski definition) is 3. The number of anilines is 1. The second-order valence-corrected chi connectivity index (χ2v) is 8.57. The number of aryl methyl sites for hydroxylation is 1. The van der Waals surface area contributed by atoms with Gasteiger partial charge in [0.25, 0.3) is 0 Å². The number of ether oxygens (including phenoxy) is 1. The highest BCUT2D eigenvalue weighted by Gasteiger charge is 2.49. The van der Waals surface area contributed by atoms with Crippen molar-refractivity contribution in [2.45, 2.75) is 25.5 Å². The number of aromatic nitrogens is 3. The number of nitrogens with zero attached hydrogens (tertiary/aromatic N) is 4. The monoisotopic (exact) mass is 445 g/mol. The topological polar surface area (TPSA) is 151 Å². The summed E-state index contributed by atoms with van der Waals surface area (Å²) in [5, 5.41) is 3.86. The number of pyridine rings is 1. The van der Waals surface area contributed by atoms with Crippen LogP contribution in [0.1, 0.15) is 11.5 Å². The van der Waals surface area contributed by atoms with E-state index in [1.807, 2.05) is 30.3 Å². The minimum Gasteiger partial charge on any atom is -0.441 e. The predicted molar refractivity (Wildman–Crippen MR) is 107 cm³/mol. The first kappa shape index (κ1) is 20.0. The van der Waals surface area contributed by atoms with Crippen LogP contribution in [0.3, 0.4) is 0 Å². The van der Waals surface area contributed by atoms with Gasteiger partial charge in [0.2, 0.25) is 11.7 Å². The Morgan fingerprint density at radius 1 is 1.23 bits per heavy atom. The molecule has 2 aromatic heterocycles. The van der Waals surface area contributed by atoms with Gasteiger partial charge < -0.3 is 9.26 Å². The molecule has 31 heavy (non-hydrogen) atoms. The molecule has 4 heterocycles. The Morgan fingerprint density at radius 3 is 2.71 bits per heavy atom. The summed E-state index contributed by atoms with van der Waals surface area (Å²) in [5.41, 5.74) is 4.09. The molecule has 2 atom stereocenters. The zero-order chi connectivity index (χ0) is 21.8. The van der Waals surface area contributed by atoms with Crippen molar-refractivity contribution in [2.24, 2.45) is 0 Å². The Labute approximate surface area is 176 Å². The first-order valence-corrected chi connectivity index (χ1v) is 11.0. The highest BCUT2D eigenvalue weighted by molar-refractivity contribution is 7.53. The zero-order valence-corrected chi connectivity index (χ0v) is 17.1. The molecule has 3 aromatic rings. The van der Waals surface area contributed by atoms with E-state index < -0.39 is 20.4 Å². The van der Waals surface area contributed by atoms with Gasteiger partial charge in [0.1, 0.15) is 12.3 Å². The Kier molecular flexibility index (Phi) is 4.72. The molecule has 1 fully saturated rings. The summed E-state index contributed by atoms with van der Waals surface area (Å²) < 4.78 is 14.9. The Balaban J connectivity index is 1.37. The van der Waals surface area contributed by atoms with Crippen molar-refractivity contribution in [2.75, 3.05) is 11.5 Å². The standard InChI is InChI=1S/C19H18N4O7P/c1-10-21-18(22-30-10)14-4-2-12(8-20-14)11-3-5-15-13(6-11)7-16-17(9-28-31(25,26)27)29-19(24)23(15)16/h2-6,8,16-17,25-27H,7,9H2,1H3/q+1/t16-,17?/m0/s1. The van der Waals surface area contributed by atoms with Crippen molar-refractivity contribution in [3.63, 3.8) is 0 Å². The van der Waals surface area contributed by atoms with Gasteiger partial charge in [-0.15, -0.1) is 4.52 Å². The summed E-state index contributed by atoms with van der Waals surface area (Å²) in [6.45, 7) is 1.40. The first-order valence-electron chi connectivity index (χ1n) is 9.40. The van der Waals surface area contributed by atoms with Crippen molar-refractivity contribution in [3.05, 3.63) is 48.0 Å². The molecule has 1 amide bonds. The van der Waals surface area contributed by atoms with Gasteiger partial charge in [-0.25, -0.2) is 4.79 Å². The van der Waals surface area contributed by atoms with E-state index in [1.54, 1.807) is 13.1 Å². The van der Waals surface area contributed by atoms with Crippen LogP contribution >= 0.6 is 8.17 Å². The number of carbonyl (C=O) groups excluding carboxylic acids is 1. The summed E-state index contributed by atoms with van der Waals surface area (Å²) in [7, 11) is -4.40. The number of rotatable bonds is 5. The number of cyclic esters (lactones) is 1. The van der Waals surface area contributed by atoms with Crippen LogP contribution in [0.25, 0.3) is 22.6 Å². The number of fused-ring (bicyclic) bond motifs is 3. The van der Waals surface area contributed by atoms with Gasteiger partial charge in [-0.05, 0) is 35.7 Å². The minimum absolute atomic E-state index is 0.314. The summed E-state index contributed by atoms with van der Waals surface area (Å²) in [6.07, 6.45) is 0.957. The van der Waals surface area contributed by atoms with Gasteiger partial charge in [-0.1, -0.05) is 17.3 Å². The molecule has 11 nitrogen and oxygen atoms in total. The van der Waals surface area contributed by atoms with Crippen LogP contribution in [0.2, 0.25) is 0 Å². The fourth-order valence-corrected chi connectivity index (χ4v) is 4.22. The predicted octanol–water partition coefficient (Wildman–Crippen LogP) is 2.03. The van der Waals surface area contributed by atoms with E-state index in [0.29, 0.717) is 23.8 Å². The van der Waals surface area contributed by atoms with Crippen LogP contribution in [0.5, 0.6) is 0 Å². The Bertz CT molecular complexity index is 1140. The fraction of sp³-hybridized carbons (Fsp3) is 0.263. The maximum Gasteiger partial charge on any atom is 0.567 e. The third-order valence-electron chi connectivity index (χ3n) is 5.24. The first-order chi connectivity index (χ1) is 14.8. The van der Waals surface area contributed by atoms with Crippen LogP contribution in [0, 0.1) is 6.92 Å². The van der Waals surface area contributed by atoms with Crippen LogP contribution in [0.15, 0.2) is 41.1 Å². The van der Waals surface area contributed by atoms with E-state index in [1.165, 1.54) is 4.90 Å². The largest absolute Gasteiger partial charge is 0.567 e. The molecular weight excluding hydrogens is 427 g/mol. The molecule has 1 unspecified atom stereocenters. The third-order valence-corrected chi connectivity index (χ3v) is 5.74. The molecule has 5 rings (SSSR count). The molecule has 1 aromatic carbocycles. The normalized spacial score (nSPS) is 20.0. The summed E-state index contributed by atoms with van der Waals surface area (Å²) in [5.74, 6) is 0.886. The molecular formula is C19H18N4O7P+. The molecule has 2 aliphatic rings. The molecule has 160 valence electrons. The van der Waals surface area contributed by atoms with Gasteiger partial charge >= 0.3 is 14.3 Å². The van der Waals surface area contributed by atoms with E-state index in [0.717, 1.165) is 22.4 Å². The molecule has 1 saturated heterocycles. The van der Waals surface area contributed by atoms with E-state index in [9.17, 15) is 4.79 Å². The van der Waals surface area contributed by atoms with E-state index in [2.05, 4.69) is 19.6 Å². The minimum atomic E-state index is -4.40. The van der Waals surface area contributed by atoms with Crippen molar-refractivity contribution < 1.29 is 33.3 Å². The van der Waals surface area contributed by atoms with Gasteiger partial charge in [-0.2, -0.15) is 19.7 Å². The lowest BCUT2D eigenvalue weighted by Gasteiger charge is -2.15. The number of hydrogen-bond acceptors (Lipinski definition) is 10. The molecule has 0 aliphatic carbocycles. The third kappa shape index (κ3) is 3.78. The highest BCUT2D eigenvalue weighted by atomic mass is 31.2. The van der Waals surface area contributed by atoms with Crippen molar-refractivity contribution in [1.82, 2.24) is 15.1 Å². The van der Waals surface area contributed by atoms with Crippen molar-refractivity contribution in [1.29, 1.82) is 0 Å².